The molecule has 1 N–H and O–H groups in total. The Morgan fingerprint density at radius 1 is 0.769 bits per heavy atom. The van der Waals surface area contributed by atoms with E-state index in [1.54, 1.807) is 0 Å². The van der Waals surface area contributed by atoms with Gasteiger partial charge in [-0.25, -0.2) is 0 Å². The van der Waals surface area contributed by atoms with Gasteiger partial charge in [0.1, 0.15) is 18.2 Å². The van der Waals surface area contributed by atoms with Crippen molar-refractivity contribution in [3.63, 3.8) is 0 Å². The Kier molecular flexibility index (Phi) is 7.84. The van der Waals surface area contributed by atoms with Crippen LogP contribution >= 0.6 is 0 Å². The lowest BCUT2D eigenvalue weighted by molar-refractivity contribution is 0.307. The molecular formula is C32H36N6O. The van der Waals surface area contributed by atoms with Gasteiger partial charge in [-0.3, -0.25) is 5.43 Å². The molecule has 6 rings (SSSR count). The third-order valence-corrected chi connectivity index (χ3v) is 7.58. The van der Waals surface area contributed by atoms with E-state index >= 15 is 0 Å². The number of rotatable bonds is 8. The number of nitrogens with zero attached hydrogens (tertiary/aromatic N) is 5. The molecule has 3 aromatic carbocycles. The number of aromatic nitrogens is 2. The molecule has 0 saturated carbocycles. The average molecular weight is 521 g/mol. The van der Waals surface area contributed by atoms with Crippen LogP contribution in [0.1, 0.15) is 49.7 Å². The lowest BCUT2D eigenvalue weighted by atomic mass is 10.1. The molecule has 2 fully saturated rings. The molecule has 39 heavy (non-hydrogen) atoms. The van der Waals surface area contributed by atoms with Gasteiger partial charge < -0.3 is 14.5 Å². The van der Waals surface area contributed by atoms with Gasteiger partial charge in [-0.2, -0.15) is 15.1 Å². The van der Waals surface area contributed by atoms with Crippen LogP contribution in [0.3, 0.4) is 0 Å². The van der Waals surface area contributed by atoms with E-state index < -0.39 is 0 Å². The summed E-state index contributed by atoms with van der Waals surface area (Å²) in [6, 6.07) is 24.8. The van der Waals surface area contributed by atoms with Gasteiger partial charge in [-0.1, -0.05) is 54.6 Å². The molecule has 0 spiro atoms. The maximum atomic E-state index is 6.27. The minimum atomic E-state index is 0.490. The third-order valence-electron chi connectivity index (χ3n) is 7.58. The number of hydrazone groups is 1. The Morgan fingerprint density at radius 3 is 2.33 bits per heavy atom. The summed E-state index contributed by atoms with van der Waals surface area (Å²) >= 11 is 0. The van der Waals surface area contributed by atoms with E-state index in [0.717, 1.165) is 60.6 Å². The predicted octanol–water partition coefficient (Wildman–Crippen LogP) is 6.64. The molecule has 1 aromatic heterocycles. The fraction of sp³-hybridized carbons (Fsp3) is 0.344. The predicted molar refractivity (Wildman–Crippen MR) is 160 cm³/mol. The molecule has 0 aliphatic carbocycles. The SMILES string of the molecule is C(=N\Nc1cc(N2CCCCC2)nc(N2CCCCC2)n1)/c1ccccc1OCc1cccc2ccccc12. The lowest BCUT2D eigenvalue weighted by Crippen LogP contribution is -2.33. The molecule has 3 heterocycles. The second kappa shape index (κ2) is 12.2. The van der Waals surface area contributed by atoms with Crippen LogP contribution in [-0.4, -0.2) is 42.4 Å². The highest BCUT2D eigenvalue weighted by atomic mass is 16.5. The number of benzene rings is 3. The summed E-state index contributed by atoms with van der Waals surface area (Å²) in [4.78, 5) is 14.5. The van der Waals surface area contributed by atoms with Crippen LogP contribution in [0, 0.1) is 0 Å². The van der Waals surface area contributed by atoms with E-state index in [1.165, 1.54) is 49.3 Å². The summed E-state index contributed by atoms with van der Waals surface area (Å²) in [5, 5.41) is 7.00. The first-order valence-corrected chi connectivity index (χ1v) is 14.2. The van der Waals surface area contributed by atoms with Gasteiger partial charge in [0, 0.05) is 37.8 Å². The van der Waals surface area contributed by atoms with Crippen LogP contribution in [0.15, 0.2) is 77.9 Å². The largest absolute Gasteiger partial charge is 0.488 e. The van der Waals surface area contributed by atoms with E-state index in [2.05, 4.69) is 62.8 Å². The highest BCUT2D eigenvalue weighted by Crippen LogP contribution is 2.26. The van der Waals surface area contributed by atoms with Gasteiger partial charge in [0.25, 0.3) is 0 Å². The smallest absolute Gasteiger partial charge is 0.229 e. The fourth-order valence-corrected chi connectivity index (χ4v) is 5.46. The van der Waals surface area contributed by atoms with Crippen molar-refractivity contribution in [3.05, 3.63) is 83.9 Å². The van der Waals surface area contributed by atoms with Crippen LogP contribution in [0.2, 0.25) is 0 Å². The molecule has 2 saturated heterocycles. The molecule has 0 unspecified atom stereocenters. The van der Waals surface area contributed by atoms with Crippen LogP contribution < -0.4 is 20.0 Å². The van der Waals surface area contributed by atoms with Crippen molar-refractivity contribution in [3.8, 4) is 5.75 Å². The topological polar surface area (TPSA) is 65.9 Å². The molecule has 4 aromatic rings. The standard InChI is InChI=1S/C32H36N6O/c1-7-18-37(19-8-1)31-22-30(34-32(35-31)38-20-9-2-10-21-38)36-33-23-26-13-4-6-17-29(26)39-24-27-15-11-14-25-12-3-5-16-28(25)27/h3-6,11-17,22-23H,1-2,7-10,18-21,24H2,(H,34,35,36)/b33-23+. The number of para-hydroxylation sites is 1. The number of anilines is 3. The Balaban J connectivity index is 1.19. The highest BCUT2D eigenvalue weighted by molar-refractivity contribution is 5.86. The number of nitrogens with one attached hydrogen (secondary N) is 1. The molecule has 0 amide bonds. The van der Waals surface area contributed by atoms with E-state index in [4.69, 9.17) is 14.7 Å². The fourth-order valence-electron chi connectivity index (χ4n) is 5.46. The Labute approximate surface area is 230 Å². The Hall–Kier alpha value is -4.13. The summed E-state index contributed by atoms with van der Waals surface area (Å²) in [7, 11) is 0. The molecule has 7 nitrogen and oxygen atoms in total. The van der Waals surface area contributed by atoms with Gasteiger partial charge in [0.2, 0.25) is 5.95 Å². The summed E-state index contributed by atoms with van der Waals surface area (Å²) in [5.41, 5.74) is 5.26. The Morgan fingerprint density at radius 2 is 1.49 bits per heavy atom. The van der Waals surface area contributed by atoms with Crippen LogP contribution in [0.4, 0.5) is 17.6 Å². The second-order valence-corrected chi connectivity index (χ2v) is 10.3. The summed E-state index contributed by atoms with van der Waals surface area (Å²) < 4.78 is 6.27. The number of fused-ring (bicyclic) bond motifs is 1. The van der Waals surface area contributed by atoms with E-state index in [1.807, 2.05) is 36.5 Å². The zero-order valence-corrected chi connectivity index (χ0v) is 22.4. The zero-order valence-electron chi connectivity index (χ0n) is 22.4. The van der Waals surface area contributed by atoms with Crippen molar-refractivity contribution >= 4 is 34.6 Å². The van der Waals surface area contributed by atoms with Gasteiger partial charge in [0.15, 0.2) is 5.82 Å². The van der Waals surface area contributed by atoms with E-state index in [-0.39, 0.29) is 0 Å². The molecule has 2 aliphatic rings. The van der Waals surface area contributed by atoms with Gasteiger partial charge >= 0.3 is 0 Å². The number of hydrogen-bond acceptors (Lipinski definition) is 7. The first kappa shape index (κ1) is 25.2. The summed E-state index contributed by atoms with van der Waals surface area (Å²) in [6.45, 7) is 4.59. The highest BCUT2D eigenvalue weighted by Gasteiger charge is 2.19. The molecule has 0 radical (unpaired) electrons. The van der Waals surface area contributed by atoms with Crippen molar-refractivity contribution in [2.45, 2.75) is 45.1 Å². The second-order valence-electron chi connectivity index (χ2n) is 10.3. The third kappa shape index (κ3) is 6.14. The normalized spacial score (nSPS) is 16.1. The summed E-state index contributed by atoms with van der Waals surface area (Å²) in [6.07, 6.45) is 9.17. The molecule has 200 valence electrons. The molecule has 2 aliphatic heterocycles. The minimum Gasteiger partial charge on any atom is -0.488 e. The van der Waals surface area contributed by atoms with E-state index in [9.17, 15) is 0 Å². The van der Waals surface area contributed by atoms with Crippen molar-refractivity contribution < 1.29 is 4.74 Å². The van der Waals surface area contributed by atoms with Crippen LogP contribution in [-0.2, 0) is 6.61 Å². The number of ether oxygens (including phenoxy) is 1. The van der Waals surface area contributed by atoms with E-state index in [0.29, 0.717) is 6.61 Å². The van der Waals surface area contributed by atoms with Gasteiger partial charge in [-0.05, 0) is 67.0 Å². The van der Waals surface area contributed by atoms with Gasteiger partial charge in [-0.15, -0.1) is 0 Å². The number of piperidine rings is 2. The monoisotopic (exact) mass is 520 g/mol. The number of hydrogen-bond donors (Lipinski definition) is 1. The minimum absolute atomic E-state index is 0.490. The molecule has 7 heteroatoms. The van der Waals surface area contributed by atoms with Crippen molar-refractivity contribution in [2.24, 2.45) is 5.10 Å². The van der Waals surface area contributed by atoms with Crippen molar-refractivity contribution in [2.75, 3.05) is 41.4 Å². The lowest BCUT2D eigenvalue weighted by Gasteiger charge is -2.31. The van der Waals surface area contributed by atoms with Crippen molar-refractivity contribution in [1.29, 1.82) is 0 Å². The maximum Gasteiger partial charge on any atom is 0.229 e. The quantitative estimate of drug-likeness (QED) is 0.208. The first-order valence-electron chi connectivity index (χ1n) is 14.2. The van der Waals surface area contributed by atoms with Crippen LogP contribution in [0.25, 0.3) is 10.8 Å². The molecule has 0 atom stereocenters. The van der Waals surface area contributed by atoms with Gasteiger partial charge in [0.05, 0.1) is 6.21 Å². The maximum absolute atomic E-state index is 6.27. The van der Waals surface area contributed by atoms with Crippen LogP contribution in [0.5, 0.6) is 5.75 Å². The molecule has 0 bridgehead atoms. The molecular weight excluding hydrogens is 484 g/mol. The zero-order chi connectivity index (χ0) is 26.3. The Bertz CT molecular complexity index is 1380. The average Bonchev–Trinajstić information content (AvgIpc) is 3.01. The summed E-state index contributed by atoms with van der Waals surface area (Å²) in [5.74, 6) is 3.30. The first-order chi connectivity index (χ1) is 19.3. The van der Waals surface area contributed by atoms with Crippen molar-refractivity contribution in [1.82, 2.24) is 9.97 Å².